The largest absolute Gasteiger partial charge is 0.466 e. The van der Waals surface area contributed by atoms with Crippen molar-refractivity contribution in [3.8, 4) is 5.13 Å². The Kier molecular flexibility index (Phi) is 3.53. The summed E-state index contributed by atoms with van der Waals surface area (Å²) in [5.74, 6) is -0.256. The number of rotatable bonds is 4. The van der Waals surface area contributed by atoms with Gasteiger partial charge in [-0.3, -0.25) is 4.79 Å². The minimum Gasteiger partial charge on any atom is -0.466 e. The van der Waals surface area contributed by atoms with Gasteiger partial charge in [-0.1, -0.05) is 0 Å². The molecule has 0 aliphatic rings. The third-order valence-electron chi connectivity index (χ3n) is 2.08. The van der Waals surface area contributed by atoms with Gasteiger partial charge in [0.15, 0.2) is 0 Å². The Morgan fingerprint density at radius 1 is 1.59 bits per heavy atom. The first kappa shape index (κ1) is 11.8. The maximum atomic E-state index is 11.3. The maximum absolute atomic E-state index is 11.3. The highest BCUT2D eigenvalue weighted by Crippen LogP contribution is 2.13. The summed E-state index contributed by atoms with van der Waals surface area (Å²) in [4.78, 5) is 15.6. The molecule has 5 nitrogen and oxygen atoms in total. The average molecular weight is 251 g/mol. The van der Waals surface area contributed by atoms with Gasteiger partial charge in [-0.2, -0.15) is 5.10 Å². The molecule has 2 aromatic heterocycles. The van der Waals surface area contributed by atoms with Crippen LogP contribution in [0.15, 0.2) is 17.6 Å². The fourth-order valence-electron chi connectivity index (χ4n) is 1.37. The van der Waals surface area contributed by atoms with Gasteiger partial charge < -0.3 is 4.74 Å². The van der Waals surface area contributed by atoms with Gasteiger partial charge in [-0.25, -0.2) is 9.67 Å². The topological polar surface area (TPSA) is 57.0 Å². The molecule has 17 heavy (non-hydrogen) atoms. The van der Waals surface area contributed by atoms with Gasteiger partial charge in [-0.15, -0.1) is 11.3 Å². The Morgan fingerprint density at radius 3 is 3.06 bits per heavy atom. The summed E-state index contributed by atoms with van der Waals surface area (Å²) < 4.78 is 6.54. The molecular weight excluding hydrogens is 238 g/mol. The Labute approximate surface area is 103 Å². The zero-order valence-electron chi connectivity index (χ0n) is 9.71. The summed E-state index contributed by atoms with van der Waals surface area (Å²) in [6.45, 7) is 4.11. The summed E-state index contributed by atoms with van der Waals surface area (Å²) in [5, 5.41) is 7.04. The van der Waals surface area contributed by atoms with E-state index in [1.807, 2.05) is 12.3 Å². The lowest BCUT2D eigenvalue weighted by Crippen LogP contribution is -2.08. The average Bonchev–Trinajstić information content (AvgIpc) is 2.87. The molecule has 6 heteroatoms. The van der Waals surface area contributed by atoms with Crippen LogP contribution >= 0.6 is 11.3 Å². The van der Waals surface area contributed by atoms with E-state index >= 15 is 0 Å². The summed E-state index contributed by atoms with van der Waals surface area (Å²) in [6, 6.07) is 1.80. The van der Waals surface area contributed by atoms with Crippen molar-refractivity contribution in [1.29, 1.82) is 0 Å². The summed E-state index contributed by atoms with van der Waals surface area (Å²) in [5.41, 5.74) is 1.66. The number of hydrogen-bond acceptors (Lipinski definition) is 5. The predicted molar refractivity (Wildman–Crippen MR) is 64.3 cm³/mol. The van der Waals surface area contributed by atoms with Crippen LogP contribution in [0, 0.1) is 6.92 Å². The van der Waals surface area contributed by atoms with E-state index in [-0.39, 0.29) is 12.4 Å². The van der Waals surface area contributed by atoms with Gasteiger partial charge in [-0.05, 0) is 19.9 Å². The van der Waals surface area contributed by atoms with Crippen LogP contribution < -0.4 is 0 Å². The number of aryl methyl sites for hydroxylation is 1. The van der Waals surface area contributed by atoms with E-state index in [0.717, 1.165) is 10.8 Å². The monoisotopic (exact) mass is 251 g/mol. The van der Waals surface area contributed by atoms with Gasteiger partial charge in [0.05, 0.1) is 24.4 Å². The predicted octanol–water partition coefficient (Wildman–Crippen LogP) is 1.74. The highest BCUT2D eigenvalue weighted by molar-refractivity contribution is 7.12. The number of esters is 1. The van der Waals surface area contributed by atoms with E-state index in [2.05, 4.69) is 10.1 Å². The Morgan fingerprint density at radius 2 is 2.41 bits per heavy atom. The lowest BCUT2D eigenvalue weighted by atomic mass is 10.3. The Bertz CT molecular complexity index is 518. The number of ether oxygens (including phenoxy) is 1. The van der Waals surface area contributed by atoms with Crippen LogP contribution in [0.25, 0.3) is 5.13 Å². The third-order valence-corrected chi connectivity index (χ3v) is 3.03. The quantitative estimate of drug-likeness (QED) is 0.777. The molecule has 0 aliphatic carbocycles. The van der Waals surface area contributed by atoms with Crippen molar-refractivity contribution in [2.45, 2.75) is 20.3 Å². The Balaban J connectivity index is 2.08. The number of carbonyl (C=O) groups is 1. The summed E-state index contributed by atoms with van der Waals surface area (Å²) in [7, 11) is 0. The molecule has 0 N–H and O–H groups in total. The lowest BCUT2D eigenvalue weighted by Gasteiger charge is -1.98. The van der Waals surface area contributed by atoms with Crippen molar-refractivity contribution in [1.82, 2.24) is 14.8 Å². The molecule has 0 unspecified atom stereocenters. The van der Waals surface area contributed by atoms with E-state index in [9.17, 15) is 4.79 Å². The molecule has 0 radical (unpaired) electrons. The summed E-state index contributed by atoms with van der Waals surface area (Å²) >= 11 is 1.52. The van der Waals surface area contributed by atoms with Crippen molar-refractivity contribution in [3.05, 3.63) is 29.0 Å². The first-order valence-electron chi connectivity index (χ1n) is 5.31. The number of thiazole rings is 1. The van der Waals surface area contributed by atoms with Crippen molar-refractivity contribution < 1.29 is 9.53 Å². The molecule has 2 rings (SSSR count). The molecular formula is C11H13N3O2S. The molecule has 0 aromatic carbocycles. The van der Waals surface area contributed by atoms with E-state index in [4.69, 9.17) is 4.74 Å². The van der Waals surface area contributed by atoms with Gasteiger partial charge >= 0.3 is 5.97 Å². The number of carbonyl (C=O) groups excluding carboxylic acids is 1. The highest BCUT2D eigenvalue weighted by atomic mass is 32.1. The van der Waals surface area contributed by atoms with Gasteiger partial charge in [0.1, 0.15) is 0 Å². The lowest BCUT2D eigenvalue weighted by molar-refractivity contribution is -0.142. The smallest absolute Gasteiger partial charge is 0.311 e. The van der Waals surface area contributed by atoms with E-state index in [1.165, 1.54) is 11.3 Å². The molecule has 2 heterocycles. The van der Waals surface area contributed by atoms with Crippen LogP contribution in [-0.2, 0) is 16.0 Å². The van der Waals surface area contributed by atoms with Crippen molar-refractivity contribution in [2.75, 3.05) is 6.61 Å². The zero-order chi connectivity index (χ0) is 12.3. The van der Waals surface area contributed by atoms with Crippen LogP contribution in [0.4, 0.5) is 0 Å². The maximum Gasteiger partial charge on any atom is 0.311 e. The second-order valence-electron chi connectivity index (χ2n) is 3.50. The highest BCUT2D eigenvalue weighted by Gasteiger charge is 2.09. The Hall–Kier alpha value is -1.69. The molecule has 0 fully saturated rings. The molecule has 90 valence electrons. The SMILES string of the molecule is CCOC(=O)Cc1ccn(-c2nc(C)cs2)n1. The second kappa shape index (κ2) is 5.09. The van der Waals surface area contributed by atoms with Crippen molar-refractivity contribution in [2.24, 2.45) is 0 Å². The fourth-order valence-corrected chi connectivity index (χ4v) is 2.10. The normalized spacial score (nSPS) is 10.5. The molecule has 0 spiro atoms. The summed E-state index contributed by atoms with van der Waals surface area (Å²) in [6.07, 6.45) is 2.00. The number of hydrogen-bond donors (Lipinski definition) is 0. The molecule has 0 saturated carbocycles. The standard InChI is InChI=1S/C11H13N3O2S/c1-3-16-10(15)6-9-4-5-14(13-9)11-12-8(2)7-17-11/h4-5,7H,3,6H2,1-2H3. The minimum absolute atomic E-state index is 0.200. The number of nitrogens with zero attached hydrogens (tertiary/aromatic N) is 3. The number of aromatic nitrogens is 3. The van der Waals surface area contributed by atoms with Crippen molar-refractivity contribution >= 4 is 17.3 Å². The second-order valence-corrected chi connectivity index (χ2v) is 4.34. The van der Waals surface area contributed by atoms with E-state index < -0.39 is 0 Å². The van der Waals surface area contributed by atoms with E-state index in [0.29, 0.717) is 12.3 Å². The van der Waals surface area contributed by atoms with Crippen molar-refractivity contribution in [3.63, 3.8) is 0 Å². The molecule has 0 amide bonds. The van der Waals surface area contributed by atoms with Crippen LogP contribution in [0.5, 0.6) is 0 Å². The molecule has 2 aromatic rings. The zero-order valence-corrected chi connectivity index (χ0v) is 10.5. The van der Waals surface area contributed by atoms with Gasteiger partial charge in [0, 0.05) is 11.6 Å². The first-order chi connectivity index (χ1) is 8.19. The minimum atomic E-state index is -0.256. The third kappa shape index (κ3) is 2.91. The van der Waals surface area contributed by atoms with Crippen LogP contribution in [0.1, 0.15) is 18.3 Å². The van der Waals surface area contributed by atoms with Crippen LogP contribution in [0.2, 0.25) is 0 Å². The van der Waals surface area contributed by atoms with Gasteiger partial charge in [0.25, 0.3) is 0 Å². The van der Waals surface area contributed by atoms with Crippen LogP contribution in [0.3, 0.4) is 0 Å². The molecule has 0 atom stereocenters. The molecule has 0 bridgehead atoms. The first-order valence-corrected chi connectivity index (χ1v) is 6.19. The van der Waals surface area contributed by atoms with E-state index in [1.54, 1.807) is 23.9 Å². The van der Waals surface area contributed by atoms with Gasteiger partial charge in [0.2, 0.25) is 5.13 Å². The van der Waals surface area contributed by atoms with Crippen LogP contribution in [-0.4, -0.2) is 27.3 Å². The fraction of sp³-hybridized carbons (Fsp3) is 0.364. The molecule has 0 saturated heterocycles. The molecule has 0 aliphatic heterocycles.